The maximum absolute atomic E-state index is 10.6. The summed E-state index contributed by atoms with van der Waals surface area (Å²) in [5.74, 6) is 0.763. The van der Waals surface area contributed by atoms with Crippen molar-refractivity contribution in [1.29, 1.82) is 0 Å². The summed E-state index contributed by atoms with van der Waals surface area (Å²) in [6.07, 6.45) is 9.74. The standard InChI is InChI=1S/C19H20N2O2/c1-2-3-12-10-15(22)18(16(23)11-12)17-14(13-4-5-13)6-8-21-9-7-20-19(17)21/h6-11,13,22-23H,2-5H2,1H3. The van der Waals surface area contributed by atoms with Crippen molar-refractivity contribution in [3.63, 3.8) is 0 Å². The Labute approximate surface area is 135 Å². The predicted molar refractivity (Wildman–Crippen MR) is 89.9 cm³/mol. The Morgan fingerprint density at radius 3 is 2.52 bits per heavy atom. The third-order valence-corrected chi connectivity index (χ3v) is 4.56. The topological polar surface area (TPSA) is 57.8 Å². The molecular weight excluding hydrogens is 288 g/mol. The van der Waals surface area contributed by atoms with E-state index in [-0.39, 0.29) is 11.5 Å². The molecule has 4 nitrogen and oxygen atoms in total. The number of aromatic nitrogens is 2. The summed E-state index contributed by atoms with van der Waals surface area (Å²) in [4.78, 5) is 4.45. The van der Waals surface area contributed by atoms with Gasteiger partial charge >= 0.3 is 0 Å². The third-order valence-electron chi connectivity index (χ3n) is 4.56. The highest BCUT2D eigenvalue weighted by atomic mass is 16.3. The average molecular weight is 308 g/mol. The number of pyridine rings is 1. The smallest absolute Gasteiger partial charge is 0.145 e. The van der Waals surface area contributed by atoms with Gasteiger partial charge in [-0.15, -0.1) is 0 Å². The van der Waals surface area contributed by atoms with Gasteiger partial charge < -0.3 is 14.6 Å². The molecule has 0 spiro atoms. The lowest BCUT2D eigenvalue weighted by atomic mass is 9.94. The van der Waals surface area contributed by atoms with Crippen LogP contribution in [-0.4, -0.2) is 19.6 Å². The number of imidazole rings is 1. The van der Waals surface area contributed by atoms with E-state index in [9.17, 15) is 10.2 Å². The molecule has 3 aromatic rings. The summed E-state index contributed by atoms with van der Waals surface area (Å²) in [5, 5.41) is 21.2. The van der Waals surface area contributed by atoms with Crippen molar-refractivity contribution < 1.29 is 10.2 Å². The number of aryl methyl sites for hydroxylation is 1. The Kier molecular flexibility index (Phi) is 3.26. The van der Waals surface area contributed by atoms with Gasteiger partial charge in [-0.25, -0.2) is 4.98 Å². The minimum absolute atomic E-state index is 0.131. The first-order valence-corrected chi connectivity index (χ1v) is 8.19. The van der Waals surface area contributed by atoms with E-state index in [1.165, 1.54) is 0 Å². The van der Waals surface area contributed by atoms with Gasteiger partial charge in [0.05, 0.1) is 5.56 Å². The fourth-order valence-corrected chi connectivity index (χ4v) is 3.35. The average Bonchev–Trinajstić information content (AvgIpc) is 3.24. The van der Waals surface area contributed by atoms with Crippen LogP contribution >= 0.6 is 0 Å². The quantitative estimate of drug-likeness (QED) is 0.758. The Morgan fingerprint density at radius 2 is 1.87 bits per heavy atom. The number of phenolic OH excluding ortho intramolecular Hbond substituents is 2. The molecule has 4 heteroatoms. The van der Waals surface area contributed by atoms with Crippen molar-refractivity contribution in [1.82, 2.24) is 9.38 Å². The van der Waals surface area contributed by atoms with Crippen LogP contribution in [0.25, 0.3) is 16.8 Å². The Bertz CT molecular complexity index is 855. The number of rotatable bonds is 4. The number of aromatic hydroxyl groups is 2. The second-order valence-corrected chi connectivity index (χ2v) is 6.34. The van der Waals surface area contributed by atoms with E-state index in [1.807, 2.05) is 16.8 Å². The molecule has 118 valence electrons. The summed E-state index contributed by atoms with van der Waals surface area (Å²) in [7, 11) is 0. The van der Waals surface area contributed by atoms with Gasteiger partial charge in [0, 0.05) is 24.2 Å². The molecule has 1 aliphatic rings. The first-order valence-electron chi connectivity index (χ1n) is 8.19. The number of benzene rings is 1. The van der Waals surface area contributed by atoms with Crippen LogP contribution in [-0.2, 0) is 6.42 Å². The molecule has 1 fully saturated rings. The third kappa shape index (κ3) is 2.34. The van der Waals surface area contributed by atoms with E-state index in [1.54, 1.807) is 18.3 Å². The zero-order valence-corrected chi connectivity index (χ0v) is 13.2. The number of hydrogen-bond donors (Lipinski definition) is 2. The summed E-state index contributed by atoms with van der Waals surface area (Å²) in [6, 6.07) is 5.61. The van der Waals surface area contributed by atoms with Crippen LogP contribution < -0.4 is 0 Å². The number of phenols is 2. The molecule has 0 bridgehead atoms. The van der Waals surface area contributed by atoms with Gasteiger partial charge in [-0.3, -0.25) is 0 Å². The molecule has 1 aliphatic carbocycles. The molecule has 2 N–H and O–H groups in total. The van der Waals surface area contributed by atoms with Crippen LogP contribution in [0.2, 0.25) is 0 Å². The summed E-state index contributed by atoms with van der Waals surface area (Å²) in [5.41, 5.74) is 4.26. The molecule has 2 aromatic heterocycles. The first-order chi connectivity index (χ1) is 11.2. The second-order valence-electron chi connectivity index (χ2n) is 6.34. The van der Waals surface area contributed by atoms with Crippen molar-refractivity contribution in [2.45, 2.75) is 38.5 Å². The van der Waals surface area contributed by atoms with Crippen molar-refractivity contribution in [3.05, 3.63) is 47.9 Å². The number of nitrogens with zero attached hydrogens (tertiary/aromatic N) is 2. The van der Waals surface area contributed by atoms with Crippen LogP contribution in [0.3, 0.4) is 0 Å². The molecule has 0 aliphatic heterocycles. The van der Waals surface area contributed by atoms with Crippen LogP contribution in [0.1, 0.15) is 43.2 Å². The maximum Gasteiger partial charge on any atom is 0.145 e. The van der Waals surface area contributed by atoms with E-state index < -0.39 is 0 Å². The number of fused-ring (bicyclic) bond motifs is 1. The highest BCUT2D eigenvalue weighted by Gasteiger charge is 2.30. The molecule has 0 amide bonds. The van der Waals surface area contributed by atoms with E-state index in [0.29, 0.717) is 11.5 Å². The van der Waals surface area contributed by atoms with Gasteiger partial charge in [0.1, 0.15) is 17.1 Å². The van der Waals surface area contributed by atoms with Crippen LogP contribution in [0.5, 0.6) is 11.5 Å². The number of hydrogen-bond acceptors (Lipinski definition) is 3. The van der Waals surface area contributed by atoms with E-state index >= 15 is 0 Å². The lowest BCUT2D eigenvalue weighted by Crippen LogP contribution is -1.96. The van der Waals surface area contributed by atoms with E-state index in [2.05, 4.69) is 18.0 Å². The lowest BCUT2D eigenvalue weighted by Gasteiger charge is -2.15. The van der Waals surface area contributed by atoms with Gasteiger partial charge in [0.15, 0.2) is 0 Å². The molecule has 1 aromatic carbocycles. The van der Waals surface area contributed by atoms with Crippen molar-refractivity contribution in [2.24, 2.45) is 0 Å². The lowest BCUT2D eigenvalue weighted by molar-refractivity contribution is 0.453. The molecule has 0 unspecified atom stereocenters. The van der Waals surface area contributed by atoms with Crippen molar-refractivity contribution in [3.8, 4) is 22.6 Å². The van der Waals surface area contributed by atoms with Gasteiger partial charge in [0.2, 0.25) is 0 Å². The van der Waals surface area contributed by atoms with Gasteiger partial charge in [-0.2, -0.15) is 0 Å². The fraction of sp³-hybridized carbons (Fsp3) is 0.316. The highest BCUT2D eigenvalue weighted by molar-refractivity contribution is 5.88. The molecule has 0 radical (unpaired) electrons. The first kappa shape index (κ1) is 14.1. The summed E-state index contributed by atoms with van der Waals surface area (Å²) >= 11 is 0. The van der Waals surface area contributed by atoms with Crippen LogP contribution in [0, 0.1) is 0 Å². The minimum atomic E-state index is 0.131. The normalized spacial score (nSPS) is 14.5. The fourth-order valence-electron chi connectivity index (χ4n) is 3.35. The van der Waals surface area contributed by atoms with E-state index in [0.717, 1.165) is 48.0 Å². The molecule has 0 saturated heterocycles. The summed E-state index contributed by atoms with van der Waals surface area (Å²) in [6.45, 7) is 2.08. The van der Waals surface area contributed by atoms with Gasteiger partial charge in [-0.05, 0) is 54.5 Å². The summed E-state index contributed by atoms with van der Waals surface area (Å²) < 4.78 is 1.93. The Balaban J connectivity index is 1.98. The van der Waals surface area contributed by atoms with Gasteiger partial charge in [0.25, 0.3) is 0 Å². The molecule has 4 rings (SSSR count). The Morgan fingerprint density at radius 1 is 1.13 bits per heavy atom. The van der Waals surface area contributed by atoms with Crippen LogP contribution in [0.15, 0.2) is 36.8 Å². The second kappa shape index (κ2) is 5.30. The molecule has 2 heterocycles. The van der Waals surface area contributed by atoms with E-state index in [4.69, 9.17) is 0 Å². The predicted octanol–water partition coefficient (Wildman–Crippen LogP) is 4.24. The zero-order valence-electron chi connectivity index (χ0n) is 13.2. The highest BCUT2D eigenvalue weighted by Crippen LogP contribution is 2.49. The van der Waals surface area contributed by atoms with Gasteiger partial charge in [-0.1, -0.05) is 13.3 Å². The maximum atomic E-state index is 10.6. The van der Waals surface area contributed by atoms with Crippen molar-refractivity contribution in [2.75, 3.05) is 0 Å². The monoisotopic (exact) mass is 308 g/mol. The molecule has 0 atom stereocenters. The zero-order chi connectivity index (χ0) is 16.0. The minimum Gasteiger partial charge on any atom is -0.507 e. The largest absolute Gasteiger partial charge is 0.507 e. The SMILES string of the molecule is CCCc1cc(O)c(-c2c(C3CC3)ccn3ccnc23)c(O)c1. The van der Waals surface area contributed by atoms with Crippen LogP contribution in [0.4, 0.5) is 0 Å². The molecule has 23 heavy (non-hydrogen) atoms. The van der Waals surface area contributed by atoms with Crippen molar-refractivity contribution >= 4 is 5.65 Å². The molecular formula is C19H20N2O2. The Hall–Kier alpha value is -2.49. The molecule has 1 saturated carbocycles.